The molecule has 2 aliphatic rings. The number of benzene rings is 1. The van der Waals surface area contributed by atoms with E-state index in [0.29, 0.717) is 36.6 Å². The summed E-state index contributed by atoms with van der Waals surface area (Å²) in [5.41, 5.74) is 4.49. The molecule has 1 aromatic heterocycles. The van der Waals surface area contributed by atoms with Crippen molar-refractivity contribution in [3.8, 4) is 6.07 Å². The van der Waals surface area contributed by atoms with E-state index in [0.717, 1.165) is 36.9 Å². The molecule has 2 heterocycles. The Morgan fingerprint density at radius 2 is 2.04 bits per heavy atom. The van der Waals surface area contributed by atoms with Crippen molar-refractivity contribution < 1.29 is 8.42 Å². The van der Waals surface area contributed by atoms with Crippen LogP contribution in [0.1, 0.15) is 41.6 Å². The minimum Gasteiger partial charge on any atom is -0.365 e. The number of sulfonamides is 1. The summed E-state index contributed by atoms with van der Waals surface area (Å²) in [6.45, 7) is 1.02. The summed E-state index contributed by atoms with van der Waals surface area (Å²) in [6, 6.07) is 11.7. The number of anilines is 2. The SMILES string of the molecule is N#Cc1cc2c(nc1NCc1cccc(N3CCCS3(=O)=O)c1)CCCC2. The van der Waals surface area contributed by atoms with Gasteiger partial charge >= 0.3 is 0 Å². The van der Waals surface area contributed by atoms with Gasteiger partial charge < -0.3 is 5.32 Å². The van der Waals surface area contributed by atoms with Gasteiger partial charge in [-0.25, -0.2) is 13.4 Å². The van der Waals surface area contributed by atoms with Crippen LogP contribution >= 0.6 is 0 Å². The number of hydrogen-bond donors (Lipinski definition) is 1. The molecule has 1 N–H and O–H groups in total. The third-order valence-electron chi connectivity index (χ3n) is 5.18. The molecular weight excluding hydrogens is 360 g/mol. The summed E-state index contributed by atoms with van der Waals surface area (Å²) in [6.07, 6.45) is 4.90. The molecule has 0 saturated carbocycles. The van der Waals surface area contributed by atoms with E-state index in [9.17, 15) is 13.7 Å². The summed E-state index contributed by atoms with van der Waals surface area (Å²) in [5.74, 6) is 0.817. The molecule has 0 radical (unpaired) electrons. The predicted octanol–water partition coefficient (Wildman–Crippen LogP) is 2.98. The van der Waals surface area contributed by atoms with Crippen molar-refractivity contribution in [1.82, 2.24) is 4.98 Å². The fourth-order valence-electron chi connectivity index (χ4n) is 3.79. The molecule has 27 heavy (non-hydrogen) atoms. The summed E-state index contributed by atoms with van der Waals surface area (Å²) in [4.78, 5) is 4.68. The zero-order valence-electron chi connectivity index (χ0n) is 15.1. The first-order valence-electron chi connectivity index (χ1n) is 9.33. The van der Waals surface area contributed by atoms with E-state index >= 15 is 0 Å². The maximum absolute atomic E-state index is 12.1. The number of rotatable bonds is 4. The largest absolute Gasteiger partial charge is 0.365 e. The van der Waals surface area contributed by atoms with E-state index in [4.69, 9.17) is 0 Å². The third-order valence-corrected chi connectivity index (χ3v) is 7.05. The average molecular weight is 382 g/mol. The van der Waals surface area contributed by atoms with E-state index in [1.165, 1.54) is 9.87 Å². The normalized spacial score (nSPS) is 18.0. The number of hydrogen-bond acceptors (Lipinski definition) is 5. The lowest BCUT2D eigenvalue weighted by atomic mass is 9.95. The zero-order valence-corrected chi connectivity index (χ0v) is 15.9. The summed E-state index contributed by atoms with van der Waals surface area (Å²) < 4.78 is 25.8. The molecule has 7 heteroatoms. The van der Waals surface area contributed by atoms with E-state index in [2.05, 4.69) is 16.4 Å². The molecule has 1 aromatic carbocycles. The number of nitriles is 1. The molecule has 2 aromatic rings. The highest BCUT2D eigenvalue weighted by Gasteiger charge is 2.28. The minimum absolute atomic E-state index is 0.208. The predicted molar refractivity (Wildman–Crippen MR) is 105 cm³/mol. The summed E-state index contributed by atoms with van der Waals surface area (Å²) in [7, 11) is -3.19. The first kappa shape index (κ1) is 17.8. The van der Waals surface area contributed by atoms with Crippen LogP contribution in [0.5, 0.6) is 0 Å². The van der Waals surface area contributed by atoms with Gasteiger partial charge in [0.2, 0.25) is 10.0 Å². The Hall–Kier alpha value is -2.59. The highest BCUT2D eigenvalue weighted by molar-refractivity contribution is 7.93. The Kier molecular flexibility index (Phi) is 4.75. The molecule has 1 aliphatic heterocycles. The van der Waals surface area contributed by atoms with Gasteiger partial charge in [0.15, 0.2) is 0 Å². The lowest BCUT2D eigenvalue weighted by Gasteiger charge is -2.19. The summed E-state index contributed by atoms with van der Waals surface area (Å²) in [5, 5.41) is 12.7. The zero-order chi connectivity index (χ0) is 18.9. The van der Waals surface area contributed by atoms with Crippen LogP contribution in [0.4, 0.5) is 11.5 Å². The number of nitrogens with one attached hydrogen (secondary N) is 1. The van der Waals surface area contributed by atoms with Crippen LogP contribution in [0, 0.1) is 11.3 Å². The van der Waals surface area contributed by atoms with Crippen LogP contribution in [0.3, 0.4) is 0 Å². The molecule has 0 atom stereocenters. The quantitative estimate of drug-likeness (QED) is 0.878. The Morgan fingerprint density at radius 1 is 1.19 bits per heavy atom. The standard InChI is InChI=1S/C20H22N4O2S/c21-13-17-12-16-6-1-2-8-19(16)23-20(17)22-14-15-5-3-7-18(11-15)24-9-4-10-27(24,25)26/h3,5,7,11-12H,1-2,4,6,8-10,14H2,(H,22,23). The Labute approximate surface area is 159 Å². The van der Waals surface area contributed by atoms with Crippen molar-refractivity contribution in [3.05, 3.63) is 52.7 Å². The molecule has 6 nitrogen and oxygen atoms in total. The average Bonchev–Trinajstić information content (AvgIpc) is 3.05. The van der Waals surface area contributed by atoms with Crippen molar-refractivity contribution >= 4 is 21.5 Å². The number of nitrogens with zero attached hydrogens (tertiary/aromatic N) is 3. The number of aromatic nitrogens is 1. The van der Waals surface area contributed by atoms with E-state index in [1.54, 1.807) is 0 Å². The Morgan fingerprint density at radius 3 is 2.81 bits per heavy atom. The van der Waals surface area contributed by atoms with Crippen LogP contribution in [0.15, 0.2) is 30.3 Å². The Bertz CT molecular complexity index is 1010. The van der Waals surface area contributed by atoms with E-state index in [1.807, 2.05) is 30.3 Å². The highest BCUT2D eigenvalue weighted by Crippen LogP contribution is 2.27. The van der Waals surface area contributed by atoms with E-state index in [-0.39, 0.29) is 5.75 Å². The Balaban J connectivity index is 1.54. The van der Waals surface area contributed by atoms with Gasteiger partial charge in [-0.3, -0.25) is 4.31 Å². The maximum Gasteiger partial charge on any atom is 0.235 e. The molecule has 1 aliphatic carbocycles. The van der Waals surface area contributed by atoms with Gasteiger partial charge in [-0.15, -0.1) is 0 Å². The summed E-state index contributed by atoms with van der Waals surface area (Å²) >= 11 is 0. The molecule has 1 fully saturated rings. The van der Waals surface area contributed by atoms with Crippen molar-refractivity contribution in [2.75, 3.05) is 21.9 Å². The second-order valence-electron chi connectivity index (χ2n) is 7.07. The third kappa shape index (κ3) is 3.62. The topological polar surface area (TPSA) is 86.1 Å². The molecule has 0 amide bonds. The lowest BCUT2D eigenvalue weighted by Crippen LogP contribution is -2.25. The van der Waals surface area contributed by atoms with Crippen LogP contribution in [-0.4, -0.2) is 25.7 Å². The van der Waals surface area contributed by atoms with Crippen LogP contribution in [0.2, 0.25) is 0 Å². The molecule has 0 spiro atoms. The number of fused-ring (bicyclic) bond motifs is 1. The molecule has 1 saturated heterocycles. The van der Waals surface area contributed by atoms with Gasteiger partial charge in [0.25, 0.3) is 0 Å². The van der Waals surface area contributed by atoms with Crippen molar-refractivity contribution in [2.45, 2.75) is 38.6 Å². The second kappa shape index (κ2) is 7.20. The van der Waals surface area contributed by atoms with Gasteiger partial charge in [0, 0.05) is 18.8 Å². The van der Waals surface area contributed by atoms with Gasteiger partial charge in [-0.05, 0) is 61.4 Å². The van der Waals surface area contributed by atoms with E-state index < -0.39 is 10.0 Å². The van der Waals surface area contributed by atoms with Crippen LogP contribution in [0.25, 0.3) is 0 Å². The van der Waals surface area contributed by atoms with Gasteiger partial charge in [-0.1, -0.05) is 12.1 Å². The highest BCUT2D eigenvalue weighted by atomic mass is 32.2. The van der Waals surface area contributed by atoms with Crippen molar-refractivity contribution in [3.63, 3.8) is 0 Å². The molecular formula is C20H22N4O2S. The smallest absolute Gasteiger partial charge is 0.235 e. The number of pyridine rings is 1. The molecule has 0 bridgehead atoms. The maximum atomic E-state index is 12.1. The minimum atomic E-state index is -3.19. The fraction of sp³-hybridized carbons (Fsp3) is 0.400. The van der Waals surface area contributed by atoms with Crippen LogP contribution in [-0.2, 0) is 29.4 Å². The van der Waals surface area contributed by atoms with Crippen molar-refractivity contribution in [1.29, 1.82) is 5.26 Å². The molecule has 140 valence electrons. The second-order valence-corrected chi connectivity index (χ2v) is 9.09. The van der Waals surface area contributed by atoms with Gasteiger partial charge in [0.1, 0.15) is 11.9 Å². The van der Waals surface area contributed by atoms with Crippen LogP contribution < -0.4 is 9.62 Å². The first-order valence-corrected chi connectivity index (χ1v) is 10.9. The van der Waals surface area contributed by atoms with Gasteiger partial charge in [-0.2, -0.15) is 5.26 Å². The molecule has 0 unspecified atom stereocenters. The van der Waals surface area contributed by atoms with Crippen molar-refractivity contribution in [2.24, 2.45) is 0 Å². The monoisotopic (exact) mass is 382 g/mol. The fourth-order valence-corrected chi connectivity index (χ4v) is 5.35. The lowest BCUT2D eigenvalue weighted by molar-refractivity contribution is 0.599. The molecule has 4 rings (SSSR count). The first-order chi connectivity index (χ1) is 13.1. The van der Waals surface area contributed by atoms with Gasteiger partial charge in [0.05, 0.1) is 17.0 Å². The number of aryl methyl sites for hydroxylation is 2.